The Morgan fingerprint density at radius 2 is 2.04 bits per heavy atom. The molecular weight excluding hydrogens is 320 g/mol. The zero-order chi connectivity index (χ0) is 18.1. The first-order valence-corrected chi connectivity index (χ1v) is 9.76. The van der Waals surface area contributed by atoms with E-state index >= 15 is 0 Å². The molecule has 0 fully saturated rings. The van der Waals surface area contributed by atoms with Crippen molar-refractivity contribution in [1.82, 2.24) is 9.88 Å². The predicted octanol–water partition coefficient (Wildman–Crippen LogP) is 5.10. The lowest BCUT2D eigenvalue weighted by Crippen LogP contribution is -2.36. The average Bonchev–Trinajstić information content (AvgIpc) is 3.05. The van der Waals surface area contributed by atoms with E-state index < -0.39 is 0 Å². The van der Waals surface area contributed by atoms with Gasteiger partial charge in [0.1, 0.15) is 5.75 Å². The van der Waals surface area contributed by atoms with Crippen molar-refractivity contribution in [2.75, 3.05) is 20.2 Å². The molecule has 4 rings (SSSR count). The van der Waals surface area contributed by atoms with Crippen molar-refractivity contribution in [2.45, 2.75) is 39.2 Å². The first-order valence-electron chi connectivity index (χ1n) is 9.76. The molecule has 0 amide bonds. The van der Waals surface area contributed by atoms with Crippen LogP contribution in [0.15, 0.2) is 42.5 Å². The van der Waals surface area contributed by atoms with E-state index in [4.69, 9.17) is 4.74 Å². The highest BCUT2D eigenvalue weighted by Gasteiger charge is 2.31. The maximum Gasteiger partial charge on any atom is 0.119 e. The maximum absolute atomic E-state index is 5.49. The van der Waals surface area contributed by atoms with E-state index in [-0.39, 0.29) is 6.04 Å². The van der Waals surface area contributed by atoms with Crippen LogP contribution < -0.4 is 4.74 Å². The van der Waals surface area contributed by atoms with E-state index in [9.17, 15) is 0 Å². The third-order valence-electron chi connectivity index (χ3n) is 5.62. The second-order valence-corrected chi connectivity index (χ2v) is 7.22. The van der Waals surface area contributed by atoms with Crippen LogP contribution in [0, 0.1) is 0 Å². The normalized spacial score (nSPS) is 17.4. The van der Waals surface area contributed by atoms with Crippen molar-refractivity contribution in [3.63, 3.8) is 0 Å². The first kappa shape index (κ1) is 17.2. The third-order valence-corrected chi connectivity index (χ3v) is 5.62. The Morgan fingerprint density at radius 1 is 1.15 bits per heavy atom. The van der Waals surface area contributed by atoms with Crippen molar-refractivity contribution < 1.29 is 4.74 Å². The zero-order valence-electron chi connectivity index (χ0n) is 16.0. The van der Waals surface area contributed by atoms with Crippen LogP contribution in [0.25, 0.3) is 10.9 Å². The quantitative estimate of drug-likeness (QED) is 0.695. The van der Waals surface area contributed by atoms with Crippen molar-refractivity contribution in [3.8, 4) is 5.75 Å². The number of rotatable bonds is 5. The fourth-order valence-corrected chi connectivity index (χ4v) is 4.32. The highest BCUT2D eigenvalue weighted by atomic mass is 16.5. The summed E-state index contributed by atoms with van der Waals surface area (Å²) in [5.74, 6) is 0.926. The van der Waals surface area contributed by atoms with Gasteiger partial charge in [0.15, 0.2) is 0 Å². The largest absolute Gasteiger partial charge is 0.497 e. The fourth-order valence-electron chi connectivity index (χ4n) is 4.32. The number of nitrogens with zero attached hydrogens (tertiary/aromatic N) is 1. The number of fused-ring (bicyclic) bond motifs is 3. The van der Waals surface area contributed by atoms with Gasteiger partial charge in [-0.05, 0) is 66.8 Å². The number of H-pyrrole nitrogens is 1. The molecule has 26 heavy (non-hydrogen) atoms. The Kier molecular flexibility index (Phi) is 4.73. The lowest BCUT2D eigenvalue weighted by Gasteiger charge is -2.36. The van der Waals surface area contributed by atoms with Gasteiger partial charge in [-0.15, -0.1) is 0 Å². The number of aromatic amines is 1. The van der Waals surface area contributed by atoms with E-state index in [0.717, 1.165) is 38.1 Å². The summed E-state index contributed by atoms with van der Waals surface area (Å²) in [6.07, 6.45) is 3.36. The molecule has 0 aliphatic carbocycles. The second kappa shape index (κ2) is 7.16. The Labute approximate surface area is 156 Å². The van der Waals surface area contributed by atoms with Crippen molar-refractivity contribution >= 4 is 10.9 Å². The van der Waals surface area contributed by atoms with Crippen LogP contribution >= 0.6 is 0 Å². The monoisotopic (exact) mass is 348 g/mol. The molecule has 1 atom stereocenters. The fraction of sp³-hybridized carbons (Fsp3) is 0.391. The van der Waals surface area contributed by atoms with Crippen LogP contribution in [-0.2, 0) is 12.8 Å². The number of benzene rings is 2. The summed E-state index contributed by atoms with van der Waals surface area (Å²) in [5.41, 5.74) is 6.84. The minimum atomic E-state index is 0.270. The minimum Gasteiger partial charge on any atom is -0.497 e. The third kappa shape index (κ3) is 2.90. The zero-order valence-corrected chi connectivity index (χ0v) is 16.0. The Morgan fingerprint density at radius 3 is 2.81 bits per heavy atom. The van der Waals surface area contributed by atoms with Crippen LogP contribution in [0.4, 0.5) is 0 Å². The van der Waals surface area contributed by atoms with Crippen LogP contribution in [-0.4, -0.2) is 30.1 Å². The van der Waals surface area contributed by atoms with E-state index in [1.807, 2.05) is 6.07 Å². The molecule has 1 unspecified atom stereocenters. The minimum absolute atomic E-state index is 0.270. The Bertz CT molecular complexity index is 912. The molecule has 0 radical (unpaired) electrons. The average molecular weight is 348 g/mol. The number of aryl methyl sites for hydroxylation is 1. The molecular formula is C23H28N2O. The predicted molar refractivity (Wildman–Crippen MR) is 108 cm³/mol. The summed E-state index contributed by atoms with van der Waals surface area (Å²) < 4.78 is 5.49. The summed E-state index contributed by atoms with van der Waals surface area (Å²) in [4.78, 5) is 6.36. The van der Waals surface area contributed by atoms with E-state index in [1.54, 1.807) is 7.11 Å². The van der Waals surface area contributed by atoms with Gasteiger partial charge in [-0.1, -0.05) is 32.0 Å². The molecule has 136 valence electrons. The molecule has 1 aliphatic rings. The molecule has 3 nitrogen and oxygen atoms in total. The summed E-state index contributed by atoms with van der Waals surface area (Å²) in [6, 6.07) is 15.7. The topological polar surface area (TPSA) is 28.3 Å². The van der Waals surface area contributed by atoms with Crippen molar-refractivity contribution in [3.05, 3.63) is 64.8 Å². The lowest BCUT2D eigenvalue weighted by molar-refractivity contribution is 0.211. The summed E-state index contributed by atoms with van der Waals surface area (Å²) in [7, 11) is 1.74. The van der Waals surface area contributed by atoms with Gasteiger partial charge in [-0.3, -0.25) is 4.90 Å². The summed E-state index contributed by atoms with van der Waals surface area (Å²) in [5, 5.41) is 1.41. The molecule has 1 N–H and O–H groups in total. The summed E-state index contributed by atoms with van der Waals surface area (Å²) >= 11 is 0. The van der Waals surface area contributed by atoms with E-state index in [1.165, 1.54) is 33.3 Å². The number of hydrogen-bond donors (Lipinski definition) is 1. The van der Waals surface area contributed by atoms with Gasteiger partial charge >= 0.3 is 0 Å². The van der Waals surface area contributed by atoms with Gasteiger partial charge in [-0.2, -0.15) is 0 Å². The van der Waals surface area contributed by atoms with Crippen molar-refractivity contribution in [1.29, 1.82) is 0 Å². The van der Waals surface area contributed by atoms with Gasteiger partial charge < -0.3 is 9.72 Å². The second-order valence-electron chi connectivity index (χ2n) is 7.22. The van der Waals surface area contributed by atoms with Crippen molar-refractivity contribution in [2.24, 2.45) is 0 Å². The molecule has 3 aromatic rings. The molecule has 0 saturated heterocycles. The first-order chi connectivity index (χ1) is 12.7. The number of methoxy groups -OCH3 is 1. The molecule has 1 aromatic heterocycles. The van der Waals surface area contributed by atoms with Crippen LogP contribution in [0.5, 0.6) is 5.75 Å². The molecule has 0 saturated carbocycles. The number of aromatic nitrogens is 1. The number of hydrogen-bond acceptors (Lipinski definition) is 2. The smallest absolute Gasteiger partial charge is 0.119 e. The van der Waals surface area contributed by atoms with E-state index in [2.05, 4.69) is 60.1 Å². The highest BCUT2D eigenvalue weighted by molar-refractivity contribution is 5.86. The standard InChI is InChI=1S/C23H28N2O/c1-4-12-25-13-11-19-20-14-16(5-2)9-10-21(20)24-22(19)23(25)17-7-6-8-18(15-17)26-3/h6-10,14-15,23-24H,4-5,11-13H2,1-3H3. The SMILES string of the molecule is CCCN1CCc2c([nH]c3ccc(CC)cc23)C1c1cccc(OC)c1. The lowest BCUT2D eigenvalue weighted by atomic mass is 9.91. The Hall–Kier alpha value is -2.26. The molecule has 0 bridgehead atoms. The van der Waals surface area contributed by atoms with Gasteiger partial charge in [0.25, 0.3) is 0 Å². The molecule has 0 spiro atoms. The van der Waals surface area contributed by atoms with Crippen LogP contribution in [0.3, 0.4) is 0 Å². The van der Waals surface area contributed by atoms with Gasteiger partial charge in [-0.25, -0.2) is 0 Å². The maximum atomic E-state index is 5.49. The van der Waals surface area contributed by atoms with Gasteiger partial charge in [0.2, 0.25) is 0 Å². The molecule has 1 aliphatic heterocycles. The van der Waals surface area contributed by atoms with Gasteiger partial charge in [0, 0.05) is 23.1 Å². The highest BCUT2D eigenvalue weighted by Crippen LogP contribution is 2.39. The number of ether oxygens (including phenoxy) is 1. The summed E-state index contributed by atoms with van der Waals surface area (Å²) in [6.45, 7) is 6.70. The molecule has 3 heteroatoms. The van der Waals surface area contributed by atoms with Crippen LogP contribution in [0.1, 0.15) is 48.7 Å². The van der Waals surface area contributed by atoms with Crippen LogP contribution in [0.2, 0.25) is 0 Å². The van der Waals surface area contributed by atoms with E-state index in [0.29, 0.717) is 0 Å². The van der Waals surface area contributed by atoms with Gasteiger partial charge in [0.05, 0.1) is 13.2 Å². The number of nitrogens with one attached hydrogen (secondary N) is 1. The molecule has 2 aromatic carbocycles. The molecule has 2 heterocycles. The Balaban J connectivity index is 1.87.